The van der Waals surface area contributed by atoms with E-state index in [4.69, 9.17) is 27.2 Å². The van der Waals surface area contributed by atoms with Crippen molar-refractivity contribution in [3.05, 3.63) is 73.3 Å². The van der Waals surface area contributed by atoms with Gasteiger partial charge in [-0.05, 0) is 46.7 Å². The zero-order valence-corrected chi connectivity index (χ0v) is 17.1. The van der Waals surface area contributed by atoms with Crippen molar-refractivity contribution in [3.8, 4) is 0 Å². The van der Waals surface area contributed by atoms with Crippen LogP contribution >= 0.6 is 40.1 Å². The number of hydrogen-bond donors (Lipinski definition) is 1. The molecule has 2 aromatic rings. The summed E-state index contributed by atoms with van der Waals surface area (Å²) in [6.07, 6.45) is 0.422. The van der Waals surface area contributed by atoms with E-state index >= 15 is 0 Å². The molecule has 1 N–H and O–H groups in total. The van der Waals surface area contributed by atoms with Crippen LogP contribution in [0, 0.1) is 0 Å². The van der Waals surface area contributed by atoms with Gasteiger partial charge in [0.05, 0.1) is 6.10 Å². The topological polar surface area (TPSA) is 63.6 Å². The highest BCUT2D eigenvalue weighted by Gasteiger charge is 2.15. The quantitative estimate of drug-likeness (QED) is 0.262. The number of halogens is 2. The third kappa shape index (κ3) is 12.0. The van der Waals surface area contributed by atoms with Crippen LogP contribution in [0.25, 0.3) is 0 Å². The van der Waals surface area contributed by atoms with Crippen molar-refractivity contribution in [2.45, 2.75) is 18.4 Å². The van der Waals surface area contributed by atoms with Crippen LogP contribution in [0.3, 0.4) is 0 Å². The Morgan fingerprint density at radius 2 is 1.67 bits per heavy atom. The number of aliphatic hydroxyl groups excluding tert-OH is 1. The van der Waals surface area contributed by atoms with Gasteiger partial charge < -0.3 is 9.84 Å². The van der Waals surface area contributed by atoms with Gasteiger partial charge in [0.1, 0.15) is 6.61 Å². The van der Waals surface area contributed by atoms with Gasteiger partial charge in [-0.15, -0.1) is 11.8 Å². The Morgan fingerprint density at radius 3 is 2.11 bits per heavy atom. The van der Waals surface area contributed by atoms with E-state index < -0.39 is 17.9 Å². The highest BCUT2D eigenvalue weighted by molar-refractivity contribution is 8.13. The van der Waals surface area contributed by atoms with Crippen LogP contribution in [0.4, 0.5) is 0 Å². The van der Waals surface area contributed by atoms with Crippen molar-refractivity contribution in [2.75, 3.05) is 12.4 Å². The summed E-state index contributed by atoms with van der Waals surface area (Å²) in [5, 5.41) is 10.0. The summed E-state index contributed by atoms with van der Waals surface area (Å²) in [5.41, 5.74) is 0. The molecule has 0 amide bonds. The molecular weight excluding hydrogens is 426 g/mol. The molecule has 148 valence electrons. The number of carbonyl (C=O) groups excluding carboxylic acids is 1. The van der Waals surface area contributed by atoms with Gasteiger partial charge in [-0.2, -0.15) is 0 Å². The predicted octanol–water partition coefficient (Wildman–Crippen LogP) is 5.49. The number of thioether (sulfide) groups is 1. The Labute approximate surface area is 174 Å². The summed E-state index contributed by atoms with van der Waals surface area (Å²) in [6.45, 7) is 3.28. The molecule has 0 spiro atoms. The van der Waals surface area contributed by atoms with Gasteiger partial charge in [0, 0.05) is 22.0 Å². The second-order valence-electron chi connectivity index (χ2n) is 4.91. The van der Waals surface area contributed by atoms with Crippen LogP contribution in [-0.2, 0) is 14.1 Å². The van der Waals surface area contributed by atoms with E-state index in [-0.39, 0.29) is 14.0 Å². The molecule has 4 nitrogen and oxygen atoms in total. The van der Waals surface area contributed by atoms with E-state index in [1.807, 2.05) is 36.4 Å². The first-order valence-electron chi connectivity index (χ1n) is 7.53. The van der Waals surface area contributed by atoms with Gasteiger partial charge in [0.25, 0.3) is 5.85 Å². The van der Waals surface area contributed by atoms with Crippen LogP contribution in [0.15, 0.2) is 78.2 Å². The lowest BCUT2D eigenvalue weighted by atomic mass is 10.4. The SMILES string of the molecule is C.C=CC(=O)OCC(O)CSc1ccccc1.O=P(Cl)(Cl)c1ccccc1. The molecule has 0 aliphatic rings. The molecule has 0 heterocycles. The van der Waals surface area contributed by atoms with Crippen molar-refractivity contribution in [2.24, 2.45) is 0 Å². The van der Waals surface area contributed by atoms with Gasteiger partial charge in [0.2, 0.25) is 0 Å². The van der Waals surface area contributed by atoms with E-state index in [0.717, 1.165) is 11.0 Å². The number of ether oxygens (including phenoxy) is 1. The summed E-state index contributed by atoms with van der Waals surface area (Å²) in [4.78, 5) is 11.8. The average Bonchev–Trinajstić information content (AvgIpc) is 2.65. The smallest absolute Gasteiger partial charge is 0.330 e. The Morgan fingerprint density at radius 1 is 1.15 bits per heavy atom. The Balaban J connectivity index is 0.000000531. The summed E-state index contributed by atoms with van der Waals surface area (Å²) in [6, 6.07) is 18.3. The van der Waals surface area contributed by atoms with Crippen LogP contribution < -0.4 is 5.30 Å². The summed E-state index contributed by atoms with van der Waals surface area (Å²) < 4.78 is 15.7. The van der Waals surface area contributed by atoms with E-state index in [2.05, 4.69) is 6.58 Å². The second kappa shape index (κ2) is 13.9. The predicted molar refractivity (Wildman–Crippen MR) is 116 cm³/mol. The van der Waals surface area contributed by atoms with Gasteiger partial charge in [-0.3, -0.25) is 4.57 Å². The van der Waals surface area contributed by atoms with Crippen molar-refractivity contribution in [1.29, 1.82) is 0 Å². The summed E-state index contributed by atoms with van der Waals surface area (Å²) in [5.74, 6) is -3.09. The maximum absolute atomic E-state index is 10.9. The van der Waals surface area contributed by atoms with Crippen LogP contribution in [0.5, 0.6) is 0 Å². The lowest BCUT2D eigenvalue weighted by Gasteiger charge is -2.09. The lowest BCUT2D eigenvalue weighted by Crippen LogP contribution is -2.19. The minimum Gasteiger partial charge on any atom is -0.460 e. The van der Waals surface area contributed by atoms with E-state index in [1.165, 1.54) is 11.8 Å². The first-order chi connectivity index (χ1) is 12.3. The first kappa shape index (κ1) is 25.8. The Kier molecular flexibility index (Phi) is 13.2. The number of rotatable bonds is 7. The van der Waals surface area contributed by atoms with Crippen LogP contribution in [0.2, 0.25) is 0 Å². The van der Waals surface area contributed by atoms with Crippen molar-refractivity contribution >= 4 is 51.4 Å². The van der Waals surface area contributed by atoms with Crippen LogP contribution in [0.1, 0.15) is 7.43 Å². The molecule has 1 unspecified atom stereocenters. The maximum atomic E-state index is 10.9. The zero-order chi connectivity index (χ0) is 19.4. The minimum absolute atomic E-state index is 0. The van der Waals surface area contributed by atoms with Gasteiger partial charge in [-0.1, -0.05) is 50.4 Å². The molecule has 0 aliphatic carbocycles. The molecule has 2 rings (SSSR count). The highest BCUT2D eigenvalue weighted by atomic mass is 35.9. The van der Waals surface area contributed by atoms with E-state index in [1.54, 1.807) is 24.3 Å². The summed E-state index contributed by atoms with van der Waals surface area (Å²) in [7, 11) is 0. The van der Waals surface area contributed by atoms with E-state index in [0.29, 0.717) is 11.1 Å². The molecule has 0 saturated heterocycles. The average molecular weight is 449 g/mol. The molecule has 1 atom stereocenters. The summed E-state index contributed by atoms with van der Waals surface area (Å²) >= 11 is 12.3. The molecule has 0 aliphatic heterocycles. The molecule has 0 fully saturated rings. The fraction of sp³-hybridized carbons (Fsp3) is 0.211. The standard InChI is InChI=1S/C12H14O3S.C6H5Cl2OP.CH4/c1-2-12(14)15-8-10(13)9-16-11-6-4-3-5-7-11;7-10(8,9)6-4-2-1-3-5-6;/h2-7,10,13H,1,8-9H2;1-5H;1H4. The third-order valence-corrected chi connectivity index (χ3v) is 6.05. The number of aliphatic hydroxyl groups is 1. The Bertz CT molecular complexity index is 723. The molecule has 0 saturated carbocycles. The second-order valence-corrected chi connectivity index (χ2v) is 10.8. The fourth-order valence-corrected chi connectivity index (χ4v) is 3.62. The third-order valence-electron chi connectivity index (χ3n) is 2.83. The van der Waals surface area contributed by atoms with Crippen molar-refractivity contribution in [3.63, 3.8) is 0 Å². The minimum atomic E-state index is -3.07. The van der Waals surface area contributed by atoms with Crippen molar-refractivity contribution < 1.29 is 19.2 Å². The number of hydrogen-bond acceptors (Lipinski definition) is 5. The molecule has 2 aromatic carbocycles. The molecule has 8 heteroatoms. The maximum Gasteiger partial charge on any atom is 0.330 e. The van der Waals surface area contributed by atoms with Gasteiger partial charge in [-0.25, -0.2) is 4.79 Å². The molecule has 27 heavy (non-hydrogen) atoms. The Hall–Kier alpha value is -1.23. The first-order valence-corrected chi connectivity index (χ1v) is 12.0. The molecule has 0 bridgehead atoms. The lowest BCUT2D eigenvalue weighted by molar-refractivity contribution is -0.140. The number of benzene rings is 2. The number of carbonyl (C=O) groups is 1. The molecule has 0 radical (unpaired) electrons. The molecule has 0 aromatic heterocycles. The molecular formula is C19H23Cl2O4PS. The monoisotopic (exact) mass is 448 g/mol. The van der Waals surface area contributed by atoms with E-state index in [9.17, 15) is 14.5 Å². The normalized spacial score (nSPS) is 11.2. The van der Waals surface area contributed by atoms with Crippen molar-refractivity contribution in [1.82, 2.24) is 0 Å². The van der Waals surface area contributed by atoms with Gasteiger partial charge >= 0.3 is 5.97 Å². The van der Waals surface area contributed by atoms with Crippen LogP contribution in [-0.4, -0.2) is 29.5 Å². The largest absolute Gasteiger partial charge is 0.460 e. The van der Waals surface area contributed by atoms with Gasteiger partial charge in [0.15, 0.2) is 0 Å². The fourth-order valence-electron chi connectivity index (χ4n) is 1.60. The number of esters is 1. The highest BCUT2D eigenvalue weighted by Crippen LogP contribution is 2.54. The zero-order valence-electron chi connectivity index (χ0n) is 13.8.